The van der Waals surface area contributed by atoms with Gasteiger partial charge < -0.3 is 15.2 Å². The number of rotatable bonds is 4. The molecule has 0 radical (unpaired) electrons. The van der Waals surface area contributed by atoms with Crippen LogP contribution in [0.1, 0.15) is 18.6 Å². The van der Waals surface area contributed by atoms with Crippen molar-refractivity contribution in [3.8, 4) is 5.75 Å². The van der Waals surface area contributed by atoms with Crippen LogP contribution in [0.15, 0.2) is 18.2 Å². The predicted octanol–water partition coefficient (Wildman–Crippen LogP) is 1.00. The fourth-order valence-corrected chi connectivity index (χ4v) is 1.11. The highest BCUT2D eigenvalue weighted by Gasteiger charge is 2.09. The van der Waals surface area contributed by atoms with Gasteiger partial charge in [-0.15, -0.1) is 0 Å². The molecule has 0 aliphatic carbocycles. The molecule has 5 heteroatoms. The number of carbonyl (C=O) groups excluding carboxylic acids is 1. The number of aliphatic hydroxyl groups is 1. The van der Waals surface area contributed by atoms with E-state index in [4.69, 9.17) is 4.74 Å². The molecule has 0 saturated heterocycles. The lowest BCUT2D eigenvalue weighted by molar-refractivity contribution is -0.122. The van der Waals surface area contributed by atoms with Gasteiger partial charge in [-0.3, -0.25) is 4.79 Å². The second-order valence-electron chi connectivity index (χ2n) is 3.33. The van der Waals surface area contributed by atoms with E-state index in [2.05, 4.69) is 5.32 Å². The van der Waals surface area contributed by atoms with Crippen molar-refractivity contribution in [2.45, 2.75) is 13.0 Å². The second-order valence-corrected chi connectivity index (χ2v) is 3.33. The van der Waals surface area contributed by atoms with Gasteiger partial charge in [0.1, 0.15) is 0 Å². The zero-order chi connectivity index (χ0) is 12.1. The minimum absolute atomic E-state index is 0.00648. The third-order valence-electron chi connectivity index (χ3n) is 2.08. The maximum absolute atomic E-state index is 13.4. The molecule has 0 spiro atoms. The lowest BCUT2D eigenvalue weighted by Gasteiger charge is -2.09. The van der Waals surface area contributed by atoms with E-state index in [1.807, 2.05) is 0 Å². The van der Waals surface area contributed by atoms with Crippen LogP contribution in [0.2, 0.25) is 0 Å². The van der Waals surface area contributed by atoms with Crippen LogP contribution in [-0.2, 0) is 4.79 Å². The van der Waals surface area contributed by atoms with Crippen LogP contribution in [0.4, 0.5) is 4.39 Å². The zero-order valence-corrected chi connectivity index (χ0v) is 9.16. The Bertz CT molecular complexity index is 379. The quantitative estimate of drug-likeness (QED) is 0.806. The van der Waals surface area contributed by atoms with E-state index < -0.39 is 11.9 Å². The average Bonchev–Trinajstić information content (AvgIpc) is 2.26. The van der Waals surface area contributed by atoms with E-state index in [-0.39, 0.29) is 18.3 Å². The molecule has 1 aromatic carbocycles. The SMILES string of the molecule is CNC(=O)COc1ccc(C(C)O)cc1F. The van der Waals surface area contributed by atoms with Gasteiger partial charge in [-0.05, 0) is 24.6 Å². The molecule has 1 rings (SSSR count). The van der Waals surface area contributed by atoms with Crippen molar-refractivity contribution in [2.75, 3.05) is 13.7 Å². The Hall–Kier alpha value is -1.62. The number of halogens is 1. The van der Waals surface area contributed by atoms with Crippen LogP contribution in [0, 0.1) is 5.82 Å². The number of carbonyl (C=O) groups is 1. The number of hydrogen-bond acceptors (Lipinski definition) is 3. The van der Waals surface area contributed by atoms with Crippen LogP contribution in [0.3, 0.4) is 0 Å². The van der Waals surface area contributed by atoms with Crippen molar-refractivity contribution in [1.82, 2.24) is 5.32 Å². The molecule has 0 bridgehead atoms. The van der Waals surface area contributed by atoms with Crippen LogP contribution in [-0.4, -0.2) is 24.7 Å². The average molecular weight is 227 g/mol. The zero-order valence-electron chi connectivity index (χ0n) is 9.16. The highest BCUT2D eigenvalue weighted by molar-refractivity contribution is 5.77. The van der Waals surface area contributed by atoms with Gasteiger partial charge in [0.15, 0.2) is 18.2 Å². The number of nitrogens with one attached hydrogen (secondary N) is 1. The van der Waals surface area contributed by atoms with Gasteiger partial charge in [0.25, 0.3) is 5.91 Å². The highest BCUT2D eigenvalue weighted by Crippen LogP contribution is 2.21. The number of likely N-dealkylation sites (N-methyl/N-ethyl adjacent to an activating group) is 1. The van der Waals surface area contributed by atoms with Crippen molar-refractivity contribution < 1.29 is 19.0 Å². The van der Waals surface area contributed by atoms with Gasteiger partial charge in [0, 0.05) is 7.05 Å². The molecule has 0 aromatic heterocycles. The summed E-state index contributed by atoms with van der Waals surface area (Å²) in [6.07, 6.45) is -0.734. The van der Waals surface area contributed by atoms with E-state index >= 15 is 0 Å². The van der Waals surface area contributed by atoms with E-state index in [1.165, 1.54) is 19.2 Å². The van der Waals surface area contributed by atoms with Gasteiger partial charge in [-0.25, -0.2) is 4.39 Å². The normalized spacial score (nSPS) is 12.0. The summed E-state index contributed by atoms with van der Waals surface area (Å²) in [7, 11) is 1.47. The number of aliphatic hydroxyl groups excluding tert-OH is 1. The summed E-state index contributed by atoms with van der Waals surface area (Å²) in [6.45, 7) is 1.31. The third kappa shape index (κ3) is 3.20. The number of hydrogen-bond donors (Lipinski definition) is 2. The predicted molar refractivity (Wildman–Crippen MR) is 56.6 cm³/mol. The Balaban J connectivity index is 2.72. The molecular weight excluding hydrogens is 213 g/mol. The largest absolute Gasteiger partial charge is 0.481 e. The third-order valence-corrected chi connectivity index (χ3v) is 2.08. The minimum atomic E-state index is -0.734. The summed E-state index contributed by atoms with van der Waals surface area (Å²) < 4.78 is 18.4. The number of amides is 1. The fraction of sp³-hybridized carbons (Fsp3) is 0.364. The Kier molecular flexibility index (Phi) is 4.25. The number of ether oxygens (including phenoxy) is 1. The monoisotopic (exact) mass is 227 g/mol. The lowest BCUT2D eigenvalue weighted by Crippen LogP contribution is -2.25. The molecule has 0 heterocycles. The fourth-order valence-electron chi connectivity index (χ4n) is 1.11. The minimum Gasteiger partial charge on any atom is -0.481 e. The van der Waals surface area contributed by atoms with E-state index in [0.717, 1.165) is 0 Å². The molecule has 0 aliphatic heterocycles. The maximum atomic E-state index is 13.4. The molecule has 4 nitrogen and oxygen atoms in total. The molecule has 1 aromatic rings. The van der Waals surface area contributed by atoms with E-state index in [9.17, 15) is 14.3 Å². The van der Waals surface area contributed by atoms with Gasteiger partial charge in [0.2, 0.25) is 0 Å². The summed E-state index contributed by atoms with van der Waals surface area (Å²) in [4.78, 5) is 10.9. The molecule has 88 valence electrons. The van der Waals surface area contributed by atoms with E-state index in [0.29, 0.717) is 5.56 Å². The van der Waals surface area contributed by atoms with Gasteiger partial charge in [-0.2, -0.15) is 0 Å². The van der Waals surface area contributed by atoms with Crippen molar-refractivity contribution in [2.24, 2.45) is 0 Å². The molecule has 0 fully saturated rings. The molecule has 1 unspecified atom stereocenters. The van der Waals surface area contributed by atoms with Crippen molar-refractivity contribution in [3.05, 3.63) is 29.6 Å². The first-order chi connectivity index (χ1) is 7.54. The molecular formula is C11H14FNO3. The first-order valence-electron chi connectivity index (χ1n) is 4.85. The van der Waals surface area contributed by atoms with Gasteiger partial charge in [0.05, 0.1) is 6.10 Å². The van der Waals surface area contributed by atoms with Crippen LogP contribution >= 0.6 is 0 Å². The molecule has 0 aliphatic rings. The lowest BCUT2D eigenvalue weighted by atomic mass is 10.1. The van der Waals surface area contributed by atoms with Gasteiger partial charge in [-0.1, -0.05) is 6.07 Å². The van der Waals surface area contributed by atoms with Crippen LogP contribution in [0.25, 0.3) is 0 Å². The molecule has 1 atom stereocenters. The smallest absolute Gasteiger partial charge is 0.257 e. The Morgan fingerprint density at radius 3 is 2.81 bits per heavy atom. The summed E-state index contributed by atoms with van der Waals surface area (Å²) in [5.41, 5.74) is 0.463. The molecule has 0 saturated carbocycles. The maximum Gasteiger partial charge on any atom is 0.257 e. The topological polar surface area (TPSA) is 58.6 Å². The van der Waals surface area contributed by atoms with Crippen molar-refractivity contribution >= 4 is 5.91 Å². The molecule has 16 heavy (non-hydrogen) atoms. The number of benzene rings is 1. The Morgan fingerprint density at radius 1 is 1.62 bits per heavy atom. The summed E-state index contributed by atoms with van der Waals surface area (Å²) in [6, 6.07) is 4.12. The highest BCUT2D eigenvalue weighted by atomic mass is 19.1. The summed E-state index contributed by atoms with van der Waals surface area (Å²) in [5.74, 6) is -0.936. The van der Waals surface area contributed by atoms with Crippen molar-refractivity contribution in [3.63, 3.8) is 0 Å². The van der Waals surface area contributed by atoms with Crippen molar-refractivity contribution in [1.29, 1.82) is 0 Å². The Labute approximate surface area is 93.0 Å². The van der Waals surface area contributed by atoms with Crippen LogP contribution in [0.5, 0.6) is 5.75 Å². The Morgan fingerprint density at radius 2 is 2.31 bits per heavy atom. The molecule has 1 amide bonds. The van der Waals surface area contributed by atoms with Crippen LogP contribution < -0.4 is 10.1 Å². The summed E-state index contributed by atoms with van der Waals surface area (Å²) in [5, 5.41) is 11.6. The first-order valence-corrected chi connectivity index (χ1v) is 4.85. The summed E-state index contributed by atoms with van der Waals surface area (Å²) >= 11 is 0. The molecule has 2 N–H and O–H groups in total. The standard InChI is InChI=1S/C11H14FNO3/c1-7(14)8-3-4-10(9(12)5-8)16-6-11(15)13-2/h3-5,7,14H,6H2,1-2H3,(H,13,15). The second kappa shape index (κ2) is 5.46. The van der Waals surface area contributed by atoms with E-state index in [1.54, 1.807) is 13.0 Å². The first kappa shape index (κ1) is 12.4. The van der Waals surface area contributed by atoms with Gasteiger partial charge >= 0.3 is 0 Å².